The Hall–Kier alpha value is -0.420. The van der Waals surface area contributed by atoms with E-state index in [0.29, 0.717) is 39.6 Å². The molecule has 0 saturated heterocycles. The lowest BCUT2D eigenvalue weighted by Crippen LogP contribution is -2.13. The molecule has 0 amide bonds. The lowest BCUT2D eigenvalue weighted by molar-refractivity contribution is 0.0153. The van der Waals surface area contributed by atoms with Crippen LogP contribution in [-0.4, -0.2) is 46.2 Å². The van der Waals surface area contributed by atoms with Crippen LogP contribution in [0, 0.1) is 0 Å². The minimum atomic E-state index is 0.564. The zero-order valence-electron chi connectivity index (χ0n) is 10.9. The van der Waals surface area contributed by atoms with Crippen molar-refractivity contribution in [1.29, 1.82) is 0 Å². The molecule has 0 aliphatic heterocycles. The van der Waals surface area contributed by atoms with Crippen LogP contribution in [0.25, 0.3) is 0 Å². The maximum Gasteiger partial charge on any atom is 0.0701 e. The second kappa shape index (κ2) is 15.6. The summed E-state index contributed by atoms with van der Waals surface area (Å²) in [6.45, 7) is 8.21. The molecule has 0 unspecified atom stereocenters. The van der Waals surface area contributed by atoms with Crippen molar-refractivity contribution in [2.45, 2.75) is 25.7 Å². The summed E-state index contributed by atoms with van der Waals surface area (Å²) in [7, 11) is 0. The Morgan fingerprint density at radius 2 is 1.35 bits per heavy atom. The molecular formula is C13H27NO3. The summed E-state index contributed by atoms with van der Waals surface area (Å²) in [6.07, 6.45) is 6.60. The van der Waals surface area contributed by atoms with Crippen molar-refractivity contribution >= 4 is 0 Å². The first-order valence-electron chi connectivity index (χ1n) is 6.46. The highest BCUT2D eigenvalue weighted by Crippen LogP contribution is 1.99. The summed E-state index contributed by atoms with van der Waals surface area (Å²) in [6, 6.07) is 0. The zero-order valence-corrected chi connectivity index (χ0v) is 10.9. The number of ether oxygens (including phenoxy) is 3. The van der Waals surface area contributed by atoms with Crippen LogP contribution in [0.2, 0.25) is 0 Å². The van der Waals surface area contributed by atoms with Gasteiger partial charge in [0.05, 0.1) is 33.0 Å². The lowest BCUT2D eigenvalue weighted by atomic mass is 10.2. The van der Waals surface area contributed by atoms with Crippen LogP contribution in [0.5, 0.6) is 0 Å². The first-order chi connectivity index (χ1) is 8.41. The van der Waals surface area contributed by atoms with Crippen LogP contribution in [0.1, 0.15) is 25.7 Å². The summed E-state index contributed by atoms with van der Waals surface area (Å²) in [5.41, 5.74) is 5.28. The minimum absolute atomic E-state index is 0.564. The minimum Gasteiger partial charge on any atom is -0.379 e. The molecule has 0 saturated carbocycles. The van der Waals surface area contributed by atoms with Gasteiger partial charge in [0.25, 0.3) is 0 Å². The molecule has 0 aromatic heterocycles. The number of unbranched alkanes of at least 4 members (excludes halogenated alkanes) is 3. The van der Waals surface area contributed by atoms with Gasteiger partial charge in [-0.2, -0.15) is 0 Å². The van der Waals surface area contributed by atoms with Crippen LogP contribution in [-0.2, 0) is 14.2 Å². The fraction of sp³-hybridized carbons (Fsp3) is 0.846. The monoisotopic (exact) mass is 245 g/mol. The van der Waals surface area contributed by atoms with E-state index in [-0.39, 0.29) is 0 Å². The molecule has 0 aliphatic carbocycles. The zero-order chi connectivity index (χ0) is 12.6. The molecule has 0 aromatic carbocycles. The van der Waals surface area contributed by atoms with E-state index in [4.69, 9.17) is 19.9 Å². The van der Waals surface area contributed by atoms with Gasteiger partial charge in [-0.1, -0.05) is 12.5 Å². The first-order valence-corrected chi connectivity index (χ1v) is 6.46. The summed E-state index contributed by atoms with van der Waals surface area (Å²) in [5, 5.41) is 0. The van der Waals surface area contributed by atoms with E-state index in [9.17, 15) is 0 Å². The highest BCUT2D eigenvalue weighted by atomic mass is 16.5. The van der Waals surface area contributed by atoms with Gasteiger partial charge < -0.3 is 19.9 Å². The Balaban J connectivity index is 2.87. The molecule has 0 aromatic rings. The van der Waals surface area contributed by atoms with Gasteiger partial charge in [0.2, 0.25) is 0 Å². The van der Waals surface area contributed by atoms with E-state index >= 15 is 0 Å². The summed E-state index contributed by atoms with van der Waals surface area (Å²) >= 11 is 0. The lowest BCUT2D eigenvalue weighted by Gasteiger charge is -2.06. The molecule has 0 aliphatic rings. The average Bonchev–Trinajstić information content (AvgIpc) is 2.35. The molecule has 17 heavy (non-hydrogen) atoms. The van der Waals surface area contributed by atoms with E-state index in [1.807, 2.05) is 6.08 Å². The third-order valence-corrected chi connectivity index (χ3v) is 2.20. The SMILES string of the molecule is C=CCCCCCOCCOCCOCCN. The van der Waals surface area contributed by atoms with Crippen molar-refractivity contribution in [1.82, 2.24) is 0 Å². The van der Waals surface area contributed by atoms with Gasteiger partial charge in [0, 0.05) is 13.2 Å². The Labute approximate surface area is 105 Å². The van der Waals surface area contributed by atoms with Crippen LogP contribution >= 0.6 is 0 Å². The normalized spacial score (nSPS) is 10.6. The molecule has 0 radical (unpaired) electrons. The van der Waals surface area contributed by atoms with Crippen molar-refractivity contribution in [2.75, 3.05) is 46.2 Å². The van der Waals surface area contributed by atoms with Crippen LogP contribution < -0.4 is 5.73 Å². The number of allylic oxidation sites excluding steroid dienone is 1. The third kappa shape index (κ3) is 15.6. The van der Waals surface area contributed by atoms with Crippen LogP contribution in [0.4, 0.5) is 0 Å². The van der Waals surface area contributed by atoms with Gasteiger partial charge in [0.1, 0.15) is 0 Å². The number of hydrogen-bond acceptors (Lipinski definition) is 4. The Kier molecular flexibility index (Phi) is 15.2. The van der Waals surface area contributed by atoms with Crippen LogP contribution in [0.3, 0.4) is 0 Å². The van der Waals surface area contributed by atoms with Gasteiger partial charge in [-0.3, -0.25) is 0 Å². The van der Waals surface area contributed by atoms with E-state index < -0.39 is 0 Å². The molecule has 0 spiro atoms. The topological polar surface area (TPSA) is 53.7 Å². The third-order valence-electron chi connectivity index (χ3n) is 2.20. The highest BCUT2D eigenvalue weighted by molar-refractivity contribution is 4.65. The average molecular weight is 245 g/mol. The van der Waals surface area contributed by atoms with E-state index in [2.05, 4.69) is 6.58 Å². The first kappa shape index (κ1) is 16.6. The van der Waals surface area contributed by atoms with Gasteiger partial charge in [-0.15, -0.1) is 6.58 Å². The fourth-order valence-electron chi connectivity index (χ4n) is 1.29. The number of hydrogen-bond donors (Lipinski definition) is 1. The Morgan fingerprint density at radius 1 is 0.765 bits per heavy atom. The van der Waals surface area contributed by atoms with Crippen molar-refractivity contribution in [3.63, 3.8) is 0 Å². The van der Waals surface area contributed by atoms with Crippen molar-refractivity contribution in [3.8, 4) is 0 Å². The van der Waals surface area contributed by atoms with E-state index in [1.54, 1.807) is 0 Å². The van der Waals surface area contributed by atoms with E-state index in [0.717, 1.165) is 19.4 Å². The second-order valence-electron chi connectivity index (χ2n) is 3.76. The summed E-state index contributed by atoms with van der Waals surface area (Å²) < 4.78 is 15.9. The predicted molar refractivity (Wildman–Crippen MR) is 70.2 cm³/mol. The Bertz CT molecular complexity index is 154. The molecule has 0 heterocycles. The summed E-state index contributed by atoms with van der Waals surface area (Å²) in [5.74, 6) is 0. The fourth-order valence-corrected chi connectivity index (χ4v) is 1.29. The smallest absolute Gasteiger partial charge is 0.0701 e. The number of nitrogens with two attached hydrogens (primary N) is 1. The molecule has 0 bridgehead atoms. The van der Waals surface area contributed by atoms with Gasteiger partial charge >= 0.3 is 0 Å². The van der Waals surface area contributed by atoms with Crippen molar-refractivity contribution < 1.29 is 14.2 Å². The second-order valence-corrected chi connectivity index (χ2v) is 3.76. The van der Waals surface area contributed by atoms with Gasteiger partial charge in [0.15, 0.2) is 0 Å². The largest absolute Gasteiger partial charge is 0.379 e. The molecule has 0 atom stereocenters. The number of rotatable bonds is 14. The van der Waals surface area contributed by atoms with Gasteiger partial charge in [-0.25, -0.2) is 0 Å². The predicted octanol–water partition coefficient (Wildman–Crippen LogP) is 1.74. The molecule has 4 nitrogen and oxygen atoms in total. The van der Waals surface area contributed by atoms with Crippen LogP contribution in [0.15, 0.2) is 12.7 Å². The maximum absolute atomic E-state index is 5.43. The van der Waals surface area contributed by atoms with E-state index in [1.165, 1.54) is 12.8 Å². The van der Waals surface area contributed by atoms with Crippen molar-refractivity contribution in [3.05, 3.63) is 12.7 Å². The van der Waals surface area contributed by atoms with Gasteiger partial charge in [-0.05, 0) is 19.3 Å². The molecule has 4 heteroatoms. The summed E-state index contributed by atoms with van der Waals surface area (Å²) in [4.78, 5) is 0. The molecule has 0 rings (SSSR count). The highest BCUT2D eigenvalue weighted by Gasteiger charge is 1.91. The molecule has 2 N–H and O–H groups in total. The maximum atomic E-state index is 5.43. The quantitative estimate of drug-likeness (QED) is 0.374. The van der Waals surface area contributed by atoms with Crippen molar-refractivity contribution in [2.24, 2.45) is 5.73 Å². The molecule has 0 fully saturated rings. The standard InChI is InChI=1S/C13H27NO3/c1-2-3-4-5-6-8-15-10-12-17-13-11-16-9-7-14/h2H,1,3-14H2. The molecular weight excluding hydrogens is 218 g/mol. The Morgan fingerprint density at radius 3 is 1.94 bits per heavy atom. The molecule has 102 valence electrons.